The first-order valence-corrected chi connectivity index (χ1v) is 8.37. The van der Waals surface area contributed by atoms with Gasteiger partial charge in [0.05, 0.1) is 0 Å². The van der Waals surface area contributed by atoms with Gasteiger partial charge in [0.2, 0.25) is 11.8 Å². The number of nitrogens with one attached hydrogen (secondary N) is 1. The van der Waals surface area contributed by atoms with Gasteiger partial charge in [-0.2, -0.15) is 0 Å². The molecular formula is C18H24N2O2. The Hall–Kier alpha value is -1.84. The zero-order chi connectivity index (χ0) is 15.4. The van der Waals surface area contributed by atoms with Crippen LogP contribution in [0.25, 0.3) is 0 Å². The third-order valence-electron chi connectivity index (χ3n) is 4.79. The predicted molar refractivity (Wildman–Crippen MR) is 85.2 cm³/mol. The van der Waals surface area contributed by atoms with Gasteiger partial charge in [-0.3, -0.25) is 9.59 Å². The lowest BCUT2D eigenvalue weighted by Gasteiger charge is -2.29. The van der Waals surface area contributed by atoms with Crippen molar-refractivity contribution in [3.63, 3.8) is 0 Å². The van der Waals surface area contributed by atoms with Crippen LogP contribution in [0.4, 0.5) is 0 Å². The number of benzene rings is 1. The molecule has 1 aliphatic heterocycles. The first kappa shape index (κ1) is 15.1. The lowest BCUT2D eigenvalue weighted by molar-refractivity contribution is -0.137. The molecule has 2 amide bonds. The quantitative estimate of drug-likeness (QED) is 0.905. The van der Waals surface area contributed by atoms with Crippen LogP contribution in [0.3, 0.4) is 0 Å². The lowest BCUT2D eigenvalue weighted by Crippen LogP contribution is -2.51. The average molecular weight is 300 g/mol. The number of carbonyl (C=O) groups excluding carboxylic acids is 2. The highest BCUT2D eigenvalue weighted by atomic mass is 16.2. The zero-order valence-corrected chi connectivity index (χ0v) is 13.0. The Balaban J connectivity index is 1.68. The summed E-state index contributed by atoms with van der Waals surface area (Å²) in [6, 6.07) is 9.52. The summed E-state index contributed by atoms with van der Waals surface area (Å²) in [5.74, 6) is 0.249. The van der Waals surface area contributed by atoms with Gasteiger partial charge in [-0.25, -0.2) is 0 Å². The fraction of sp³-hybridized carbons (Fsp3) is 0.556. The van der Waals surface area contributed by atoms with Gasteiger partial charge in [0.1, 0.15) is 6.04 Å². The van der Waals surface area contributed by atoms with Crippen LogP contribution < -0.4 is 5.32 Å². The van der Waals surface area contributed by atoms with Gasteiger partial charge in [-0.1, -0.05) is 36.8 Å². The van der Waals surface area contributed by atoms with Crippen molar-refractivity contribution in [2.24, 2.45) is 5.92 Å². The summed E-state index contributed by atoms with van der Waals surface area (Å²) in [6.45, 7) is 1.65. The van der Waals surface area contributed by atoms with Gasteiger partial charge in [0, 0.05) is 25.4 Å². The first-order valence-electron chi connectivity index (χ1n) is 8.37. The third-order valence-corrected chi connectivity index (χ3v) is 4.79. The van der Waals surface area contributed by atoms with E-state index >= 15 is 0 Å². The monoisotopic (exact) mass is 300 g/mol. The summed E-state index contributed by atoms with van der Waals surface area (Å²) in [4.78, 5) is 26.9. The molecule has 2 aliphatic rings. The molecule has 2 fully saturated rings. The van der Waals surface area contributed by atoms with Crippen LogP contribution in [0, 0.1) is 5.92 Å². The molecule has 1 saturated carbocycles. The second kappa shape index (κ2) is 6.95. The summed E-state index contributed by atoms with van der Waals surface area (Å²) < 4.78 is 0. The van der Waals surface area contributed by atoms with Crippen LogP contribution in [-0.2, 0) is 16.0 Å². The fourth-order valence-electron chi connectivity index (χ4n) is 3.17. The maximum Gasteiger partial charge on any atom is 0.245 e. The minimum absolute atomic E-state index is 0.0553. The molecule has 0 spiro atoms. The van der Waals surface area contributed by atoms with E-state index in [4.69, 9.17) is 0 Å². The van der Waals surface area contributed by atoms with Gasteiger partial charge in [0.25, 0.3) is 0 Å². The molecule has 0 unspecified atom stereocenters. The van der Waals surface area contributed by atoms with Crippen molar-refractivity contribution in [2.75, 3.05) is 13.1 Å². The standard InChI is InChI=1S/C18H24N2O2/c21-17(15-9-6-10-15)19-16(13-14-7-2-1-3-8-14)18(22)20-11-4-5-12-20/h1-3,7-8,15-16H,4-6,9-13H2,(H,19,21)/t16-/m0/s1. The summed E-state index contributed by atoms with van der Waals surface area (Å²) in [5, 5.41) is 3.01. The second-order valence-electron chi connectivity index (χ2n) is 6.41. The number of nitrogens with zero attached hydrogens (tertiary/aromatic N) is 1. The minimum atomic E-state index is -0.423. The van der Waals surface area contributed by atoms with Gasteiger partial charge in [0.15, 0.2) is 0 Å². The molecule has 1 heterocycles. The molecule has 1 aromatic carbocycles. The Bertz CT molecular complexity index is 519. The smallest absolute Gasteiger partial charge is 0.245 e. The van der Waals surface area contributed by atoms with E-state index in [-0.39, 0.29) is 17.7 Å². The van der Waals surface area contributed by atoms with Gasteiger partial charge in [-0.15, -0.1) is 0 Å². The predicted octanol–water partition coefficient (Wildman–Crippen LogP) is 2.14. The first-order chi connectivity index (χ1) is 10.7. The SMILES string of the molecule is O=C(N[C@@H](Cc1ccccc1)C(=O)N1CCCC1)C1CCC1. The normalized spacial score (nSPS) is 19.5. The van der Waals surface area contributed by atoms with E-state index in [9.17, 15) is 9.59 Å². The van der Waals surface area contributed by atoms with Crippen molar-refractivity contribution in [3.8, 4) is 0 Å². The number of likely N-dealkylation sites (tertiary alicyclic amines) is 1. The maximum atomic E-state index is 12.7. The molecule has 118 valence electrons. The highest BCUT2D eigenvalue weighted by Crippen LogP contribution is 2.26. The lowest BCUT2D eigenvalue weighted by atomic mass is 9.84. The molecule has 0 radical (unpaired) electrons. The van der Waals surface area contributed by atoms with E-state index in [0.717, 1.165) is 50.8 Å². The number of hydrogen-bond acceptors (Lipinski definition) is 2. The van der Waals surface area contributed by atoms with Crippen LogP contribution >= 0.6 is 0 Å². The Morgan fingerprint density at radius 2 is 1.77 bits per heavy atom. The minimum Gasteiger partial charge on any atom is -0.344 e. The molecule has 3 rings (SSSR count). The molecule has 1 saturated heterocycles. The van der Waals surface area contributed by atoms with Crippen molar-refractivity contribution in [1.82, 2.24) is 10.2 Å². The Labute approximate surface area is 131 Å². The summed E-state index contributed by atoms with van der Waals surface area (Å²) in [7, 11) is 0. The third kappa shape index (κ3) is 3.49. The summed E-state index contributed by atoms with van der Waals surface area (Å²) >= 11 is 0. The summed E-state index contributed by atoms with van der Waals surface area (Å²) in [5.41, 5.74) is 1.09. The van der Waals surface area contributed by atoms with Crippen LogP contribution in [0.15, 0.2) is 30.3 Å². The molecule has 0 bridgehead atoms. The largest absolute Gasteiger partial charge is 0.344 e. The van der Waals surface area contributed by atoms with Crippen LogP contribution in [0.2, 0.25) is 0 Å². The number of amides is 2. The topological polar surface area (TPSA) is 49.4 Å². The Morgan fingerprint density at radius 3 is 2.36 bits per heavy atom. The number of hydrogen-bond donors (Lipinski definition) is 1. The summed E-state index contributed by atoms with van der Waals surface area (Å²) in [6.07, 6.45) is 5.76. The Morgan fingerprint density at radius 1 is 1.09 bits per heavy atom. The zero-order valence-electron chi connectivity index (χ0n) is 13.0. The van der Waals surface area contributed by atoms with Crippen molar-refractivity contribution in [2.45, 2.75) is 44.6 Å². The van der Waals surface area contributed by atoms with Crippen LogP contribution in [0.5, 0.6) is 0 Å². The van der Waals surface area contributed by atoms with E-state index in [1.165, 1.54) is 0 Å². The van der Waals surface area contributed by atoms with Crippen molar-refractivity contribution < 1.29 is 9.59 Å². The second-order valence-corrected chi connectivity index (χ2v) is 6.41. The highest BCUT2D eigenvalue weighted by molar-refractivity contribution is 5.89. The number of rotatable bonds is 5. The fourth-order valence-corrected chi connectivity index (χ4v) is 3.17. The van der Waals surface area contributed by atoms with Crippen molar-refractivity contribution in [3.05, 3.63) is 35.9 Å². The number of carbonyl (C=O) groups is 2. The molecule has 1 aliphatic carbocycles. The van der Waals surface area contributed by atoms with E-state index < -0.39 is 6.04 Å². The van der Waals surface area contributed by atoms with E-state index in [2.05, 4.69) is 5.32 Å². The van der Waals surface area contributed by atoms with Crippen molar-refractivity contribution in [1.29, 1.82) is 0 Å². The van der Waals surface area contributed by atoms with Gasteiger partial charge in [-0.05, 0) is 31.2 Å². The highest BCUT2D eigenvalue weighted by Gasteiger charge is 2.32. The molecule has 22 heavy (non-hydrogen) atoms. The van der Waals surface area contributed by atoms with Crippen molar-refractivity contribution >= 4 is 11.8 Å². The van der Waals surface area contributed by atoms with E-state index in [0.29, 0.717) is 6.42 Å². The molecule has 0 aromatic heterocycles. The molecule has 4 nitrogen and oxygen atoms in total. The molecule has 1 aromatic rings. The van der Waals surface area contributed by atoms with E-state index in [1.54, 1.807) is 0 Å². The molecule has 1 N–H and O–H groups in total. The average Bonchev–Trinajstić information content (AvgIpc) is 2.99. The van der Waals surface area contributed by atoms with Gasteiger partial charge >= 0.3 is 0 Å². The van der Waals surface area contributed by atoms with Gasteiger partial charge < -0.3 is 10.2 Å². The van der Waals surface area contributed by atoms with Crippen LogP contribution in [-0.4, -0.2) is 35.8 Å². The molecular weight excluding hydrogens is 276 g/mol. The Kier molecular flexibility index (Phi) is 4.76. The molecule has 1 atom stereocenters. The van der Waals surface area contributed by atoms with E-state index in [1.807, 2.05) is 35.2 Å². The van der Waals surface area contributed by atoms with Crippen LogP contribution in [0.1, 0.15) is 37.7 Å². The maximum absolute atomic E-state index is 12.7. The molecule has 4 heteroatoms.